The molecule has 0 spiro atoms. The number of benzene rings is 1. The molecule has 0 heterocycles. The zero-order chi connectivity index (χ0) is 13.5. The molecule has 0 fully saturated rings. The number of hydrogen-bond acceptors (Lipinski definition) is 3. The maximum Gasteiger partial charge on any atom is 0.234 e. The second-order valence-electron chi connectivity index (χ2n) is 4.34. The Morgan fingerprint density at radius 2 is 2.06 bits per heavy atom. The number of likely N-dealkylation sites (N-methyl/N-ethyl adjacent to an activating group) is 2. The van der Waals surface area contributed by atoms with Gasteiger partial charge in [-0.25, -0.2) is 0 Å². The summed E-state index contributed by atoms with van der Waals surface area (Å²) in [5.41, 5.74) is 1.02. The minimum absolute atomic E-state index is 0.0172. The highest BCUT2D eigenvalue weighted by atomic mass is 35.5. The Labute approximate surface area is 113 Å². The third-order valence-electron chi connectivity index (χ3n) is 2.72. The van der Waals surface area contributed by atoms with Crippen LogP contribution in [0.5, 0.6) is 0 Å². The summed E-state index contributed by atoms with van der Waals surface area (Å²) in [4.78, 5) is 13.5. The molecule has 0 bridgehead atoms. The first kappa shape index (κ1) is 15.0. The number of nitrogens with one attached hydrogen (secondary N) is 2. The summed E-state index contributed by atoms with van der Waals surface area (Å²) < 4.78 is 0. The fraction of sp³-hybridized carbons (Fsp3) is 0.462. The number of amides is 1. The molecule has 0 aliphatic carbocycles. The van der Waals surface area contributed by atoms with E-state index in [1.165, 1.54) is 0 Å². The molecule has 0 saturated carbocycles. The highest BCUT2D eigenvalue weighted by Crippen LogP contribution is 2.25. The molecular weight excluding hydrogens is 250 g/mol. The van der Waals surface area contributed by atoms with E-state index in [0.717, 1.165) is 10.6 Å². The SMILES string of the molecule is CNCC(=O)NCC(c1ccccc1Cl)N(C)C. The Balaban J connectivity index is 2.72. The normalized spacial score (nSPS) is 12.5. The largest absolute Gasteiger partial charge is 0.353 e. The molecule has 1 aromatic rings. The van der Waals surface area contributed by atoms with Crippen LogP contribution in [0.4, 0.5) is 0 Å². The summed E-state index contributed by atoms with van der Waals surface area (Å²) in [6, 6.07) is 7.77. The van der Waals surface area contributed by atoms with Gasteiger partial charge in [0.1, 0.15) is 0 Å². The van der Waals surface area contributed by atoms with Crippen LogP contribution in [0.15, 0.2) is 24.3 Å². The molecule has 1 atom stereocenters. The van der Waals surface area contributed by atoms with Crippen molar-refractivity contribution in [3.05, 3.63) is 34.9 Å². The molecule has 1 unspecified atom stereocenters. The number of carbonyl (C=O) groups excluding carboxylic acids is 1. The molecule has 0 aliphatic rings. The smallest absolute Gasteiger partial charge is 0.234 e. The summed E-state index contributed by atoms with van der Waals surface area (Å²) in [5, 5.41) is 6.43. The molecule has 1 rings (SSSR count). The van der Waals surface area contributed by atoms with E-state index in [-0.39, 0.29) is 11.9 Å². The summed E-state index contributed by atoms with van der Waals surface area (Å²) >= 11 is 6.19. The van der Waals surface area contributed by atoms with Gasteiger partial charge < -0.3 is 15.5 Å². The van der Waals surface area contributed by atoms with Gasteiger partial charge in [-0.1, -0.05) is 29.8 Å². The van der Waals surface area contributed by atoms with Crippen molar-refractivity contribution in [3.8, 4) is 0 Å². The molecule has 0 saturated heterocycles. The zero-order valence-corrected chi connectivity index (χ0v) is 11.8. The zero-order valence-electron chi connectivity index (χ0n) is 11.0. The summed E-state index contributed by atoms with van der Waals surface area (Å²) in [5.74, 6) is -0.0172. The van der Waals surface area contributed by atoms with E-state index in [1.54, 1.807) is 7.05 Å². The third kappa shape index (κ3) is 4.29. The summed E-state index contributed by atoms with van der Waals surface area (Å²) in [7, 11) is 5.69. The maximum atomic E-state index is 11.5. The minimum Gasteiger partial charge on any atom is -0.353 e. The Kier molecular flexibility index (Phi) is 6.12. The van der Waals surface area contributed by atoms with Crippen LogP contribution in [0.3, 0.4) is 0 Å². The molecule has 0 radical (unpaired) electrons. The van der Waals surface area contributed by atoms with Crippen LogP contribution in [0.2, 0.25) is 5.02 Å². The third-order valence-corrected chi connectivity index (χ3v) is 3.06. The molecule has 0 aliphatic heterocycles. The Bertz CT molecular complexity index is 396. The van der Waals surface area contributed by atoms with Crippen molar-refractivity contribution >= 4 is 17.5 Å². The van der Waals surface area contributed by atoms with Crippen molar-refractivity contribution in [2.24, 2.45) is 0 Å². The number of nitrogens with zero attached hydrogens (tertiary/aromatic N) is 1. The van der Waals surface area contributed by atoms with Crippen LogP contribution in [-0.2, 0) is 4.79 Å². The van der Waals surface area contributed by atoms with E-state index in [9.17, 15) is 4.79 Å². The summed E-state index contributed by atoms with van der Waals surface area (Å²) in [6.45, 7) is 0.861. The van der Waals surface area contributed by atoms with Crippen molar-refractivity contribution < 1.29 is 4.79 Å². The van der Waals surface area contributed by atoms with E-state index in [2.05, 4.69) is 10.6 Å². The summed E-state index contributed by atoms with van der Waals surface area (Å²) in [6.07, 6.45) is 0. The van der Waals surface area contributed by atoms with Gasteiger partial charge in [0.05, 0.1) is 12.6 Å². The van der Waals surface area contributed by atoms with Crippen molar-refractivity contribution in [2.45, 2.75) is 6.04 Å². The second-order valence-corrected chi connectivity index (χ2v) is 4.74. The van der Waals surface area contributed by atoms with Crippen LogP contribution in [0.25, 0.3) is 0 Å². The second kappa shape index (κ2) is 7.36. The standard InChI is InChI=1S/C13H20ClN3O/c1-15-9-13(18)16-8-12(17(2)3)10-6-4-5-7-11(10)14/h4-7,12,15H,8-9H2,1-3H3,(H,16,18). The lowest BCUT2D eigenvalue weighted by Crippen LogP contribution is -2.38. The molecule has 2 N–H and O–H groups in total. The van der Waals surface area contributed by atoms with Gasteiger partial charge in [-0.05, 0) is 32.8 Å². The first-order valence-electron chi connectivity index (χ1n) is 5.88. The molecule has 4 nitrogen and oxygen atoms in total. The van der Waals surface area contributed by atoms with E-state index in [1.807, 2.05) is 43.3 Å². The van der Waals surface area contributed by atoms with Gasteiger partial charge in [-0.2, -0.15) is 0 Å². The molecule has 18 heavy (non-hydrogen) atoms. The van der Waals surface area contributed by atoms with Crippen molar-refractivity contribution in [3.63, 3.8) is 0 Å². The molecule has 5 heteroatoms. The first-order valence-corrected chi connectivity index (χ1v) is 6.26. The average molecular weight is 270 g/mol. The van der Waals surface area contributed by atoms with E-state index < -0.39 is 0 Å². The lowest BCUT2D eigenvalue weighted by Gasteiger charge is -2.26. The van der Waals surface area contributed by atoms with Crippen molar-refractivity contribution in [1.82, 2.24) is 15.5 Å². The monoisotopic (exact) mass is 269 g/mol. The van der Waals surface area contributed by atoms with Crippen LogP contribution in [-0.4, -0.2) is 45.0 Å². The van der Waals surface area contributed by atoms with Gasteiger partial charge >= 0.3 is 0 Å². The van der Waals surface area contributed by atoms with Crippen LogP contribution in [0, 0.1) is 0 Å². The number of carbonyl (C=O) groups is 1. The van der Waals surface area contributed by atoms with Gasteiger partial charge in [-0.15, -0.1) is 0 Å². The first-order chi connectivity index (χ1) is 8.56. The van der Waals surface area contributed by atoms with Gasteiger partial charge in [0.25, 0.3) is 0 Å². The fourth-order valence-electron chi connectivity index (χ4n) is 1.75. The lowest BCUT2D eigenvalue weighted by atomic mass is 10.1. The highest BCUT2D eigenvalue weighted by molar-refractivity contribution is 6.31. The number of hydrogen-bond donors (Lipinski definition) is 2. The van der Waals surface area contributed by atoms with Gasteiger partial charge in [0.2, 0.25) is 5.91 Å². The van der Waals surface area contributed by atoms with Crippen LogP contribution >= 0.6 is 11.6 Å². The van der Waals surface area contributed by atoms with Crippen molar-refractivity contribution in [1.29, 1.82) is 0 Å². The minimum atomic E-state index is -0.0172. The van der Waals surface area contributed by atoms with Crippen LogP contribution in [0.1, 0.15) is 11.6 Å². The lowest BCUT2D eigenvalue weighted by molar-refractivity contribution is -0.120. The molecule has 1 aromatic carbocycles. The van der Waals surface area contributed by atoms with E-state index in [4.69, 9.17) is 11.6 Å². The van der Waals surface area contributed by atoms with Gasteiger partial charge in [0.15, 0.2) is 0 Å². The Morgan fingerprint density at radius 1 is 1.39 bits per heavy atom. The highest BCUT2D eigenvalue weighted by Gasteiger charge is 2.17. The number of rotatable bonds is 6. The fourth-order valence-corrected chi connectivity index (χ4v) is 2.01. The van der Waals surface area contributed by atoms with E-state index >= 15 is 0 Å². The quantitative estimate of drug-likeness (QED) is 0.818. The van der Waals surface area contributed by atoms with Gasteiger partial charge in [-0.3, -0.25) is 4.79 Å². The topological polar surface area (TPSA) is 44.4 Å². The van der Waals surface area contributed by atoms with Crippen molar-refractivity contribution in [2.75, 3.05) is 34.2 Å². The molecule has 100 valence electrons. The molecule has 0 aromatic heterocycles. The van der Waals surface area contributed by atoms with Crippen LogP contribution < -0.4 is 10.6 Å². The average Bonchev–Trinajstić information content (AvgIpc) is 2.31. The molecule has 1 amide bonds. The predicted octanol–water partition coefficient (Wildman–Crippen LogP) is 1.28. The maximum absolute atomic E-state index is 11.5. The number of halogens is 1. The van der Waals surface area contributed by atoms with E-state index in [0.29, 0.717) is 13.1 Å². The Hall–Kier alpha value is -1.10. The molecular formula is C13H20ClN3O. The predicted molar refractivity (Wildman–Crippen MR) is 74.8 cm³/mol. The van der Waals surface area contributed by atoms with Gasteiger partial charge in [0, 0.05) is 11.6 Å². The Morgan fingerprint density at radius 3 is 2.61 bits per heavy atom.